The fourth-order valence-electron chi connectivity index (χ4n) is 1.43. The number of dihydropyridines is 2. The quantitative estimate of drug-likeness (QED) is 0.340. The van der Waals surface area contributed by atoms with E-state index in [0.717, 1.165) is 21.6 Å². The van der Waals surface area contributed by atoms with Gasteiger partial charge in [0.25, 0.3) is 0 Å². The van der Waals surface area contributed by atoms with Crippen molar-refractivity contribution in [2.24, 2.45) is 0 Å². The summed E-state index contributed by atoms with van der Waals surface area (Å²) < 4.78 is 0. The lowest BCUT2D eigenvalue weighted by Gasteiger charge is -2.27. The van der Waals surface area contributed by atoms with Crippen molar-refractivity contribution < 1.29 is 9.85 Å². The van der Waals surface area contributed by atoms with Crippen LogP contribution in [-0.4, -0.2) is 19.8 Å². The average molecular weight is 314 g/mol. The average Bonchev–Trinajstić information content (AvgIpc) is 2.47. The highest BCUT2D eigenvalue weighted by atomic mass is 33.1. The maximum Gasteiger partial charge on any atom is 0.371 e. The summed E-state index contributed by atoms with van der Waals surface area (Å²) in [6, 6.07) is 0. The number of nitro groups is 2. The van der Waals surface area contributed by atoms with Crippen molar-refractivity contribution in [2.45, 2.75) is 9.99 Å². The highest BCUT2D eigenvalue weighted by Crippen LogP contribution is 2.44. The van der Waals surface area contributed by atoms with Gasteiger partial charge in [-0.05, 0) is 12.2 Å². The lowest BCUT2D eigenvalue weighted by molar-refractivity contribution is -0.531. The molecule has 0 radical (unpaired) electrons. The molecule has 2 aliphatic rings. The molecule has 0 fully saturated rings. The predicted octanol–water partition coefficient (Wildman–Crippen LogP) is 1.57. The van der Waals surface area contributed by atoms with E-state index in [1.165, 1.54) is 36.7 Å². The largest absolute Gasteiger partial charge is 0.371 e. The van der Waals surface area contributed by atoms with E-state index in [2.05, 4.69) is 10.6 Å². The molecule has 8 nitrogen and oxygen atoms in total. The molecular formula is C10H10N4O4S2. The third kappa shape index (κ3) is 2.65. The van der Waals surface area contributed by atoms with Gasteiger partial charge in [-0.2, -0.15) is 0 Å². The van der Waals surface area contributed by atoms with Gasteiger partial charge in [-0.1, -0.05) is 12.2 Å². The molecule has 0 spiro atoms. The van der Waals surface area contributed by atoms with E-state index >= 15 is 0 Å². The molecule has 0 saturated heterocycles. The Morgan fingerprint density at radius 2 is 1.20 bits per heavy atom. The smallest absolute Gasteiger partial charge is 0.314 e. The molecule has 0 aromatic heterocycles. The Morgan fingerprint density at radius 1 is 0.800 bits per heavy atom. The Kier molecular flexibility index (Phi) is 4.04. The standard InChI is InChI=1S/C10H10N4O4S2/c15-13(16)9(5-1-3-7-11-9)19-20-10(14(17)18)6-2-4-8-12-10/h1-8,11-12H. The van der Waals surface area contributed by atoms with E-state index in [1.54, 1.807) is 12.2 Å². The normalized spacial score (nSPS) is 30.6. The van der Waals surface area contributed by atoms with Crippen molar-refractivity contribution in [3.63, 3.8) is 0 Å². The molecule has 2 atom stereocenters. The maximum absolute atomic E-state index is 11.2. The topological polar surface area (TPSA) is 110 Å². The Balaban J connectivity index is 2.16. The summed E-state index contributed by atoms with van der Waals surface area (Å²) in [5, 5.41) is 27.7. The molecule has 0 saturated carbocycles. The van der Waals surface area contributed by atoms with Gasteiger partial charge in [-0.3, -0.25) is 20.2 Å². The van der Waals surface area contributed by atoms with Gasteiger partial charge in [0.1, 0.15) is 0 Å². The molecule has 0 bridgehead atoms. The number of hydrogen-bond donors (Lipinski definition) is 2. The second kappa shape index (κ2) is 5.59. The van der Waals surface area contributed by atoms with Crippen molar-refractivity contribution >= 4 is 21.6 Å². The Bertz CT molecular complexity index is 499. The first-order valence-corrected chi connectivity index (χ1v) is 7.56. The lowest BCUT2D eigenvalue weighted by Crippen LogP contribution is -2.49. The molecular weight excluding hydrogens is 304 g/mol. The molecule has 0 aromatic rings. The zero-order valence-electron chi connectivity index (χ0n) is 9.96. The monoisotopic (exact) mass is 314 g/mol. The summed E-state index contributed by atoms with van der Waals surface area (Å²) in [4.78, 5) is 18.1. The minimum Gasteiger partial charge on any atom is -0.314 e. The van der Waals surface area contributed by atoms with Crippen LogP contribution in [0.15, 0.2) is 48.9 Å². The van der Waals surface area contributed by atoms with Crippen LogP contribution in [0.5, 0.6) is 0 Å². The molecule has 2 aliphatic heterocycles. The fraction of sp³-hybridized carbons (Fsp3) is 0.200. The molecule has 20 heavy (non-hydrogen) atoms. The third-order valence-electron chi connectivity index (χ3n) is 2.48. The van der Waals surface area contributed by atoms with Gasteiger partial charge < -0.3 is 10.6 Å². The Morgan fingerprint density at radius 3 is 1.45 bits per heavy atom. The van der Waals surface area contributed by atoms with Gasteiger partial charge in [-0.15, -0.1) is 0 Å². The second-order valence-corrected chi connectivity index (χ2v) is 6.38. The lowest BCUT2D eigenvalue weighted by atomic mass is 10.3. The first kappa shape index (κ1) is 14.5. The summed E-state index contributed by atoms with van der Waals surface area (Å²) in [6.07, 6.45) is 11.8. The van der Waals surface area contributed by atoms with Crippen LogP contribution in [0.3, 0.4) is 0 Å². The zero-order chi connectivity index (χ0) is 14.6. The van der Waals surface area contributed by atoms with Crippen LogP contribution in [0.1, 0.15) is 0 Å². The minimum atomic E-state index is -1.63. The number of nitrogens with one attached hydrogen (secondary N) is 2. The summed E-state index contributed by atoms with van der Waals surface area (Å²) in [5.41, 5.74) is 0. The van der Waals surface area contributed by atoms with E-state index in [4.69, 9.17) is 0 Å². The zero-order valence-corrected chi connectivity index (χ0v) is 11.6. The molecule has 2 unspecified atom stereocenters. The first-order chi connectivity index (χ1) is 9.51. The Labute approximate surface area is 121 Å². The van der Waals surface area contributed by atoms with Crippen LogP contribution >= 0.6 is 21.6 Å². The predicted molar refractivity (Wildman–Crippen MR) is 77.5 cm³/mol. The molecule has 0 aromatic carbocycles. The van der Waals surface area contributed by atoms with Crippen LogP contribution < -0.4 is 10.6 Å². The van der Waals surface area contributed by atoms with Crippen LogP contribution in [0.2, 0.25) is 0 Å². The molecule has 2 heterocycles. The van der Waals surface area contributed by atoms with Crippen molar-refractivity contribution in [3.05, 3.63) is 69.1 Å². The SMILES string of the molecule is O=[N+]([O-])C1(SSC2([N+](=O)[O-])C=CC=CN2)C=CC=CN1. The number of rotatable bonds is 5. The third-order valence-corrected chi connectivity index (χ3v) is 5.65. The number of nitrogens with zero attached hydrogens (tertiary/aromatic N) is 2. The van der Waals surface area contributed by atoms with Crippen LogP contribution in [0.25, 0.3) is 0 Å². The van der Waals surface area contributed by atoms with Gasteiger partial charge in [0.05, 0.1) is 9.85 Å². The van der Waals surface area contributed by atoms with Gasteiger partial charge in [0.15, 0.2) is 0 Å². The van der Waals surface area contributed by atoms with E-state index < -0.39 is 19.8 Å². The molecule has 2 N–H and O–H groups in total. The van der Waals surface area contributed by atoms with Gasteiger partial charge in [-0.25, -0.2) is 0 Å². The minimum absolute atomic E-state index is 0.527. The molecule has 106 valence electrons. The molecule has 0 aliphatic carbocycles. The summed E-state index contributed by atoms with van der Waals surface area (Å²) in [6.45, 7) is 0. The van der Waals surface area contributed by atoms with Gasteiger partial charge >= 0.3 is 9.99 Å². The molecule has 10 heteroatoms. The van der Waals surface area contributed by atoms with Crippen molar-refractivity contribution in [1.82, 2.24) is 10.6 Å². The van der Waals surface area contributed by atoms with E-state index in [9.17, 15) is 20.2 Å². The fourth-order valence-corrected chi connectivity index (χ4v) is 4.06. The van der Waals surface area contributed by atoms with Crippen molar-refractivity contribution in [3.8, 4) is 0 Å². The molecule has 2 rings (SSSR count). The maximum atomic E-state index is 11.2. The van der Waals surface area contributed by atoms with Crippen molar-refractivity contribution in [1.29, 1.82) is 0 Å². The van der Waals surface area contributed by atoms with Crippen LogP contribution in [0, 0.1) is 20.2 Å². The Hall–Kier alpha value is -1.94. The highest BCUT2D eigenvalue weighted by Gasteiger charge is 2.49. The summed E-state index contributed by atoms with van der Waals surface area (Å²) in [5.74, 6) is 0. The van der Waals surface area contributed by atoms with Gasteiger partial charge in [0, 0.05) is 46.1 Å². The van der Waals surface area contributed by atoms with Crippen molar-refractivity contribution in [2.75, 3.05) is 0 Å². The number of allylic oxidation sites excluding steroid dienone is 4. The van der Waals surface area contributed by atoms with E-state index in [0.29, 0.717) is 0 Å². The van der Waals surface area contributed by atoms with Crippen LogP contribution in [0.4, 0.5) is 0 Å². The first-order valence-electron chi connectivity index (χ1n) is 5.41. The number of hydrogen-bond acceptors (Lipinski definition) is 8. The summed E-state index contributed by atoms with van der Waals surface area (Å²) in [7, 11) is 1.53. The summed E-state index contributed by atoms with van der Waals surface area (Å²) >= 11 is 0. The van der Waals surface area contributed by atoms with Crippen LogP contribution in [-0.2, 0) is 0 Å². The highest BCUT2D eigenvalue weighted by molar-refractivity contribution is 8.77. The van der Waals surface area contributed by atoms with E-state index in [1.807, 2.05) is 0 Å². The molecule has 0 amide bonds. The van der Waals surface area contributed by atoms with E-state index in [-0.39, 0.29) is 0 Å². The second-order valence-electron chi connectivity index (χ2n) is 3.80. The van der Waals surface area contributed by atoms with Gasteiger partial charge in [0.2, 0.25) is 0 Å².